The zero-order chi connectivity index (χ0) is 13.4. The first-order valence-electron chi connectivity index (χ1n) is 5.08. The normalized spacial score (nSPS) is 13.8. The zero-order valence-electron chi connectivity index (χ0n) is 10.8. The molecular weight excluding hydrogens is 258 g/mol. The molecule has 0 bridgehead atoms. The van der Waals surface area contributed by atoms with Gasteiger partial charge in [0.1, 0.15) is 4.90 Å². The predicted octanol–water partition coefficient (Wildman–Crippen LogP) is 2.17. The van der Waals surface area contributed by atoms with Gasteiger partial charge in [-0.05, 0) is 31.9 Å². The van der Waals surface area contributed by atoms with E-state index in [1.165, 1.54) is 0 Å². The van der Waals surface area contributed by atoms with Crippen LogP contribution in [0.25, 0.3) is 0 Å². The Morgan fingerprint density at radius 1 is 1.06 bits per heavy atom. The number of hydrogen-bond donors (Lipinski definition) is 1. The predicted molar refractivity (Wildman–Crippen MR) is 72.6 cm³/mol. The van der Waals surface area contributed by atoms with E-state index in [0.29, 0.717) is 11.1 Å². The van der Waals surface area contributed by atoms with Gasteiger partial charge in [-0.25, -0.2) is 3.63 Å². The Balaban J connectivity index is 3.35. The van der Waals surface area contributed by atoms with E-state index in [0.717, 1.165) is 5.56 Å². The van der Waals surface area contributed by atoms with E-state index >= 15 is 0 Å². The topological polar surface area (TPSA) is 69.4 Å². The Morgan fingerprint density at radius 3 is 1.82 bits per heavy atom. The van der Waals surface area contributed by atoms with Crippen molar-refractivity contribution in [2.75, 3.05) is 12.5 Å². The lowest BCUT2D eigenvalue weighted by atomic mass is 10.1. The van der Waals surface area contributed by atoms with Crippen LogP contribution in [0, 0.1) is 20.8 Å². The summed E-state index contributed by atoms with van der Waals surface area (Å²) in [6.45, 7) is 5.44. The number of rotatable bonds is 3. The summed E-state index contributed by atoms with van der Waals surface area (Å²) in [4.78, 5) is 0.231. The van der Waals surface area contributed by atoms with E-state index in [-0.39, 0.29) is 4.90 Å². The number of benzene rings is 1. The molecular formula is C11H19NO3S2. The van der Waals surface area contributed by atoms with E-state index in [9.17, 15) is 8.42 Å². The van der Waals surface area contributed by atoms with Gasteiger partial charge >= 0.3 is 10.1 Å². The molecule has 4 nitrogen and oxygen atoms in total. The molecule has 1 rings (SSSR count). The van der Waals surface area contributed by atoms with Crippen LogP contribution in [-0.2, 0) is 13.7 Å². The molecule has 0 spiro atoms. The lowest BCUT2D eigenvalue weighted by molar-refractivity contribution is 0.510. The van der Waals surface area contributed by atoms with Crippen molar-refractivity contribution in [3.8, 4) is 0 Å². The van der Waals surface area contributed by atoms with Gasteiger partial charge in [-0.15, -0.1) is 0 Å². The fraction of sp³-hybridized carbons (Fsp3) is 0.455. The summed E-state index contributed by atoms with van der Waals surface area (Å²) in [6.07, 6.45) is 3.17. The van der Waals surface area contributed by atoms with Crippen LogP contribution in [-0.4, -0.2) is 20.9 Å². The Labute approximate surface area is 105 Å². The molecule has 1 aromatic carbocycles. The second kappa shape index (κ2) is 4.61. The summed E-state index contributed by atoms with van der Waals surface area (Å²) in [5.41, 5.74) is 2.40. The van der Waals surface area contributed by atoms with Crippen LogP contribution >= 0.6 is 10.5 Å². The molecule has 98 valence electrons. The number of aryl methyl sites for hydroxylation is 3. The van der Waals surface area contributed by atoms with E-state index in [2.05, 4.69) is 0 Å². The van der Waals surface area contributed by atoms with Gasteiger partial charge in [-0.3, -0.25) is 5.14 Å². The van der Waals surface area contributed by atoms with Crippen molar-refractivity contribution in [3.63, 3.8) is 0 Å². The first-order chi connectivity index (χ1) is 7.53. The third-order valence-electron chi connectivity index (χ3n) is 2.12. The van der Waals surface area contributed by atoms with E-state index < -0.39 is 20.6 Å². The van der Waals surface area contributed by atoms with Crippen LogP contribution in [0.4, 0.5) is 0 Å². The minimum absolute atomic E-state index is 0.231. The van der Waals surface area contributed by atoms with Crippen LogP contribution in [0.2, 0.25) is 0 Å². The summed E-state index contributed by atoms with van der Waals surface area (Å²) < 4.78 is 29.3. The second-order valence-electron chi connectivity index (χ2n) is 4.56. The SMILES string of the molecule is Cc1cc(C)c(S(=O)(=O)OS(C)(C)N)c(C)c1. The molecule has 17 heavy (non-hydrogen) atoms. The van der Waals surface area contributed by atoms with Crippen molar-refractivity contribution >= 4 is 20.6 Å². The van der Waals surface area contributed by atoms with Gasteiger partial charge in [0.05, 0.1) is 0 Å². The molecule has 6 heteroatoms. The molecule has 0 aliphatic rings. The molecule has 0 unspecified atom stereocenters. The van der Waals surface area contributed by atoms with Gasteiger partial charge < -0.3 is 0 Å². The van der Waals surface area contributed by atoms with Gasteiger partial charge in [0.2, 0.25) is 0 Å². The standard InChI is InChI=1S/C11H19NO3S2/c1-8-6-9(2)11(10(3)7-8)17(13,14)15-16(4,5)12/h6-7H,12H2,1-5H3. The average molecular weight is 277 g/mol. The average Bonchev–Trinajstić information content (AvgIpc) is 1.93. The van der Waals surface area contributed by atoms with Crippen molar-refractivity contribution in [3.05, 3.63) is 28.8 Å². The molecule has 0 fully saturated rings. The Bertz CT molecular complexity index is 507. The quantitative estimate of drug-likeness (QED) is 0.919. The van der Waals surface area contributed by atoms with E-state index in [4.69, 9.17) is 8.77 Å². The van der Waals surface area contributed by atoms with E-state index in [1.54, 1.807) is 26.4 Å². The first-order valence-corrected chi connectivity index (χ1v) is 8.92. The summed E-state index contributed by atoms with van der Waals surface area (Å²) in [5, 5.41) is 5.67. The second-order valence-corrected chi connectivity index (χ2v) is 9.04. The van der Waals surface area contributed by atoms with E-state index in [1.807, 2.05) is 19.1 Å². The van der Waals surface area contributed by atoms with Crippen molar-refractivity contribution in [1.29, 1.82) is 0 Å². The molecule has 2 N–H and O–H groups in total. The van der Waals surface area contributed by atoms with Crippen LogP contribution < -0.4 is 5.14 Å². The molecule has 0 aliphatic carbocycles. The van der Waals surface area contributed by atoms with Crippen LogP contribution in [0.1, 0.15) is 16.7 Å². The monoisotopic (exact) mass is 277 g/mol. The van der Waals surface area contributed by atoms with Crippen LogP contribution in [0.3, 0.4) is 0 Å². The van der Waals surface area contributed by atoms with Gasteiger partial charge in [0, 0.05) is 12.5 Å². The molecule has 0 saturated heterocycles. The first kappa shape index (κ1) is 14.5. The molecule has 0 radical (unpaired) electrons. The molecule has 0 aromatic heterocycles. The van der Waals surface area contributed by atoms with Crippen molar-refractivity contribution in [2.24, 2.45) is 5.14 Å². The highest BCUT2D eigenvalue weighted by Gasteiger charge is 2.25. The number of hydrogen-bond acceptors (Lipinski definition) is 4. The highest BCUT2D eigenvalue weighted by Crippen LogP contribution is 2.37. The number of nitrogens with two attached hydrogens (primary N) is 1. The lowest BCUT2D eigenvalue weighted by Crippen LogP contribution is -2.18. The molecule has 0 saturated carbocycles. The van der Waals surface area contributed by atoms with Crippen molar-refractivity contribution in [2.45, 2.75) is 25.7 Å². The molecule has 1 aromatic rings. The van der Waals surface area contributed by atoms with Crippen molar-refractivity contribution < 1.29 is 12.0 Å². The van der Waals surface area contributed by atoms with Gasteiger partial charge in [0.25, 0.3) is 0 Å². The van der Waals surface area contributed by atoms with Crippen molar-refractivity contribution in [1.82, 2.24) is 0 Å². The Morgan fingerprint density at radius 2 is 1.47 bits per heavy atom. The molecule has 0 amide bonds. The summed E-state index contributed by atoms with van der Waals surface area (Å²) >= 11 is 0. The largest absolute Gasteiger partial charge is 0.307 e. The maximum atomic E-state index is 12.1. The Hall–Kier alpha value is -0.560. The molecule has 0 atom stereocenters. The van der Waals surface area contributed by atoms with Crippen LogP contribution in [0.15, 0.2) is 17.0 Å². The van der Waals surface area contributed by atoms with Gasteiger partial charge in [-0.1, -0.05) is 28.2 Å². The zero-order valence-corrected chi connectivity index (χ0v) is 12.4. The lowest BCUT2D eigenvalue weighted by Gasteiger charge is -2.25. The maximum absolute atomic E-state index is 12.1. The van der Waals surface area contributed by atoms with Gasteiger partial charge in [-0.2, -0.15) is 8.42 Å². The van der Waals surface area contributed by atoms with Crippen LogP contribution in [0.5, 0.6) is 0 Å². The highest BCUT2D eigenvalue weighted by molar-refractivity contribution is 8.30. The third kappa shape index (κ3) is 3.70. The third-order valence-corrected chi connectivity index (χ3v) is 5.38. The minimum Gasteiger partial charge on any atom is -0.274 e. The smallest absolute Gasteiger partial charge is 0.274 e. The summed E-state index contributed by atoms with van der Waals surface area (Å²) in [5.74, 6) is 0. The summed E-state index contributed by atoms with van der Waals surface area (Å²) in [6, 6.07) is 3.64. The highest BCUT2D eigenvalue weighted by atomic mass is 32.3. The molecule has 0 aliphatic heterocycles. The Kier molecular flexibility index (Phi) is 3.93. The summed E-state index contributed by atoms with van der Waals surface area (Å²) in [7, 11) is -5.85. The fourth-order valence-corrected chi connectivity index (χ4v) is 4.85. The fourth-order valence-electron chi connectivity index (χ4n) is 1.83. The minimum atomic E-state index is -3.78. The molecule has 0 heterocycles. The maximum Gasteiger partial charge on any atom is 0.307 e. The van der Waals surface area contributed by atoms with Gasteiger partial charge in [0.15, 0.2) is 0 Å².